The van der Waals surface area contributed by atoms with Crippen LogP contribution in [0.3, 0.4) is 0 Å². The minimum atomic E-state index is -2.63. The molecule has 0 aromatic rings. The van der Waals surface area contributed by atoms with Crippen LogP contribution in [0.2, 0.25) is 0 Å². The summed E-state index contributed by atoms with van der Waals surface area (Å²) in [7, 11) is 0. The van der Waals surface area contributed by atoms with Gasteiger partial charge in [-0.3, -0.25) is 0 Å². The highest BCUT2D eigenvalue weighted by atomic mass is 19.3. The smallest absolute Gasteiger partial charge is 0.251 e. The molecule has 0 saturated heterocycles. The van der Waals surface area contributed by atoms with Crippen molar-refractivity contribution in [1.82, 2.24) is 5.32 Å². The third-order valence-electron chi connectivity index (χ3n) is 2.05. The molecule has 1 N–H and O–H groups in total. The summed E-state index contributed by atoms with van der Waals surface area (Å²) in [5.41, 5.74) is -0.341. The maximum atomic E-state index is 13.3. The number of alkyl halides is 2. The number of hydrogen-bond donors (Lipinski definition) is 1. The van der Waals surface area contributed by atoms with E-state index in [1.165, 1.54) is 0 Å². The Kier molecular flexibility index (Phi) is 6.41. The molecule has 98 valence electrons. The number of nitrogens with one attached hydrogen (secondary N) is 1. The van der Waals surface area contributed by atoms with Crippen LogP contribution >= 0.6 is 0 Å². The standard InChI is InChI=1S/C12H25F2NO/c1-10(2)15-8-6-12(13,14)7-9-16-11(3,4)5/h10,15H,6-9H2,1-5H3. The van der Waals surface area contributed by atoms with Crippen molar-refractivity contribution < 1.29 is 13.5 Å². The summed E-state index contributed by atoms with van der Waals surface area (Å²) in [6.07, 6.45) is -0.331. The molecule has 0 aromatic carbocycles. The molecule has 0 aliphatic rings. The van der Waals surface area contributed by atoms with Gasteiger partial charge in [-0.2, -0.15) is 0 Å². The van der Waals surface area contributed by atoms with Crippen molar-refractivity contribution in [2.75, 3.05) is 13.2 Å². The second-order valence-electron chi connectivity index (χ2n) is 5.43. The van der Waals surface area contributed by atoms with E-state index < -0.39 is 5.92 Å². The van der Waals surface area contributed by atoms with Crippen LogP contribution < -0.4 is 5.32 Å². The van der Waals surface area contributed by atoms with Crippen LogP contribution in [0.5, 0.6) is 0 Å². The van der Waals surface area contributed by atoms with Crippen molar-refractivity contribution in [2.24, 2.45) is 0 Å². The molecule has 0 atom stereocenters. The van der Waals surface area contributed by atoms with Crippen LogP contribution in [0, 0.1) is 0 Å². The number of halogens is 2. The van der Waals surface area contributed by atoms with Crippen molar-refractivity contribution in [3.63, 3.8) is 0 Å². The fraction of sp³-hybridized carbons (Fsp3) is 1.00. The van der Waals surface area contributed by atoms with Crippen molar-refractivity contribution in [2.45, 2.75) is 65.0 Å². The van der Waals surface area contributed by atoms with E-state index in [-0.39, 0.29) is 31.1 Å². The van der Waals surface area contributed by atoms with Gasteiger partial charge in [0.2, 0.25) is 0 Å². The quantitative estimate of drug-likeness (QED) is 0.734. The van der Waals surface area contributed by atoms with Crippen molar-refractivity contribution >= 4 is 0 Å². The first kappa shape index (κ1) is 15.8. The van der Waals surface area contributed by atoms with E-state index >= 15 is 0 Å². The fourth-order valence-corrected chi connectivity index (χ4v) is 1.18. The Labute approximate surface area is 97.7 Å². The molecule has 0 aliphatic heterocycles. The summed E-state index contributed by atoms with van der Waals surface area (Å²) >= 11 is 0. The predicted molar refractivity (Wildman–Crippen MR) is 63.0 cm³/mol. The first-order valence-corrected chi connectivity index (χ1v) is 5.87. The Bertz CT molecular complexity index is 188. The molecule has 0 saturated carbocycles. The van der Waals surface area contributed by atoms with E-state index in [0.29, 0.717) is 6.54 Å². The van der Waals surface area contributed by atoms with Gasteiger partial charge in [-0.05, 0) is 20.8 Å². The zero-order chi connectivity index (χ0) is 12.8. The second kappa shape index (κ2) is 6.50. The maximum absolute atomic E-state index is 13.3. The Morgan fingerprint density at radius 3 is 2.12 bits per heavy atom. The number of ether oxygens (including phenoxy) is 1. The lowest BCUT2D eigenvalue weighted by Crippen LogP contribution is -2.31. The lowest BCUT2D eigenvalue weighted by atomic mass is 10.1. The van der Waals surface area contributed by atoms with Gasteiger partial charge in [0.1, 0.15) is 0 Å². The van der Waals surface area contributed by atoms with Gasteiger partial charge in [-0.1, -0.05) is 13.8 Å². The zero-order valence-corrected chi connectivity index (χ0v) is 11.1. The molecule has 0 aromatic heterocycles. The van der Waals surface area contributed by atoms with Crippen LogP contribution in [-0.2, 0) is 4.74 Å². The Balaban J connectivity index is 3.70. The Morgan fingerprint density at radius 1 is 1.12 bits per heavy atom. The van der Waals surface area contributed by atoms with Gasteiger partial charge in [0.15, 0.2) is 0 Å². The van der Waals surface area contributed by atoms with E-state index in [9.17, 15) is 8.78 Å². The number of rotatable bonds is 7. The molecule has 16 heavy (non-hydrogen) atoms. The summed E-state index contributed by atoms with van der Waals surface area (Å²) in [6, 6.07) is 0.252. The van der Waals surface area contributed by atoms with Gasteiger partial charge in [0.25, 0.3) is 5.92 Å². The van der Waals surface area contributed by atoms with Crippen LogP contribution in [0.15, 0.2) is 0 Å². The topological polar surface area (TPSA) is 21.3 Å². The normalized spacial score (nSPS) is 13.5. The summed E-state index contributed by atoms with van der Waals surface area (Å²) in [5, 5.41) is 2.99. The van der Waals surface area contributed by atoms with Crippen molar-refractivity contribution in [3.05, 3.63) is 0 Å². The molecule has 0 aliphatic carbocycles. The molecule has 2 nitrogen and oxygen atoms in total. The predicted octanol–water partition coefficient (Wildman–Crippen LogP) is 3.22. The summed E-state index contributed by atoms with van der Waals surface area (Å²) < 4.78 is 32.0. The summed E-state index contributed by atoms with van der Waals surface area (Å²) in [6.45, 7) is 9.95. The maximum Gasteiger partial charge on any atom is 0.251 e. The zero-order valence-electron chi connectivity index (χ0n) is 11.1. The lowest BCUT2D eigenvalue weighted by Gasteiger charge is -2.22. The third-order valence-corrected chi connectivity index (χ3v) is 2.05. The highest BCUT2D eigenvalue weighted by Crippen LogP contribution is 2.23. The van der Waals surface area contributed by atoms with E-state index in [0.717, 1.165) is 0 Å². The Morgan fingerprint density at radius 2 is 1.69 bits per heavy atom. The third kappa shape index (κ3) is 10.3. The largest absolute Gasteiger partial charge is 0.376 e. The van der Waals surface area contributed by atoms with Gasteiger partial charge < -0.3 is 10.1 Å². The molecule has 0 radical (unpaired) electrons. The first-order chi connectivity index (χ1) is 7.12. The van der Waals surface area contributed by atoms with Gasteiger partial charge in [-0.15, -0.1) is 0 Å². The van der Waals surface area contributed by atoms with Gasteiger partial charge in [-0.25, -0.2) is 8.78 Å². The Hall–Kier alpha value is -0.220. The van der Waals surface area contributed by atoms with Gasteiger partial charge >= 0.3 is 0 Å². The molecule has 0 fully saturated rings. The highest BCUT2D eigenvalue weighted by Gasteiger charge is 2.28. The van der Waals surface area contributed by atoms with Crippen LogP contribution in [0.25, 0.3) is 0 Å². The molecule has 0 amide bonds. The van der Waals surface area contributed by atoms with Crippen LogP contribution in [0.4, 0.5) is 8.78 Å². The van der Waals surface area contributed by atoms with Crippen LogP contribution in [-0.4, -0.2) is 30.7 Å². The van der Waals surface area contributed by atoms with Gasteiger partial charge in [0, 0.05) is 25.4 Å². The number of hydrogen-bond acceptors (Lipinski definition) is 2. The minimum Gasteiger partial charge on any atom is -0.376 e. The summed E-state index contributed by atoms with van der Waals surface area (Å²) in [4.78, 5) is 0. The molecule has 0 heterocycles. The van der Waals surface area contributed by atoms with E-state index in [2.05, 4.69) is 5.32 Å². The van der Waals surface area contributed by atoms with E-state index in [1.54, 1.807) is 0 Å². The average Bonchev–Trinajstić information content (AvgIpc) is 1.99. The fourth-order valence-electron chi connectivity index (χ4n) is 1.18. The molecule has 0 unspecified atom stereocenters. The lowest BCUT2D eigenvalue weighted by molar-refractivity contribution is -0.0697. The molecule has 0 spiro atoms. The monoisotopic (exact) mass is 237 g/mol. The first-order valence-electron chi connectivity index (χ1n) is 5.87. The van der Waals surface area contributed by atoms with Crippen molar-refractivity contribution in [3.8, 4) is 0 Å². The average molecular weight is 237 g/mol. The molecule has 0 rings (SSSR count). The van der Waals surface area contributed by atoms with E-state index in [1.807, 2.05) is 34.6 Å². The van der Waals surface area contributed by atoms with Gasteiger partial charge in [0.05, 0.1) is 12.2 Å². The van der Waals surface area contributed by atoms with Crippen molar-refractivity contribution in [1.29, 1.82) is 0 Å². The molecule has 0 bridgehead atoms. The molecular weight excluding hydrogens is 212 g/mol. The van der Waals surface area contributed by atoms with E-state index in [4.69, 9.17) is 4.74 Å². The highest BCUT2D eigenvalue weighted by molar-refractivity contribution is 4.69. The summed E-state index contributed by atoms with van der Waals surface area (Å²) in [5.74, 6) is -2.63. The SMILES string of the molecule is CC(C)NCCC(F)(F)CCOC(C)(C)C. The molecular formula is C12H25F2NO. The molecule has 4 heteroatoms. The second-order valence-corrected chi connectivity index (χ2v) is 5.43. The minimum absolute atomic E-state index is 0.109. The van der Waals surface area contributed by atoms with Crippen LogP contribution in [0.1, 0.15) is 47.5 Å².